The Balaban J connectivity index is 1.35. The maximum Gasteiger partial charge on any atom is 0.251 e. The van der Waals surface area contributed by atoms with E-state index in [2.05, 4.69) is 27.0 Å². The van der Waals surface area contributed by atoms with Crippen molar-refractivity contribution in [2.75, 3.05) is 42.5 Å². The molecular weight excluding hydrogens is 497 g/mol. The average Bonchev–Trinajstić information content (AvgIpc) is 2.90. The summed E-state index contributed by atoms with van der Waals surface area (Å²) in [6.45, 7) is 5.64. The van der Waals surface area contributed by atoms with Crippen molar-refractivity contribution < 1.29 is 9.18 Å². The van der Waals surface area contributed by atoms with Crippen LogP contribution < -0.4 is 15.1 Å². The van der Waals surface area contributed by atoms with E-state index in [0.29, 0.717) is 60.0 Å². The van der Waals surface area contributed by atoms with Crippen molar-refractivity contribution in [3.63, 3.8) is 0 Å². The van der Waals surface area contributed by atoms with E-state index in [-0.39, 0.29) is 11.7 Å². The average molecular weight is 528 g/mol. The highest BCUT2D eigenvalue weighted by Crippen LogP contribution is 2.27. The molecule has 0 spiro atoms. The molecule has 0 radical (unpaired) electrons. The molecule has 36 heavy (non-hydrogen) atoms. The zero-order valence-corrected chi connectivity index (χ0v) is 22.0. The first-order valence-electron chi connectivity index (χ1n) is 12.3. The van der Waals surface area contributed by atoms with Crippen LogP contribution in [0.15, 0.2) is 59.8 Å². The molecule has 2 heterocycles. The maximum atomic E-state index is 14.2. The zero-order chi connectivity index (χ0) is 25.3. The smallest absolute Gasteiger partial charge is 0.251 e. The molecule has 1 aliphatic heterocycles. The number of hydrogen-bond donors (Lipinski definition) is 1. The Morgan fingerprint density at radius 3 is 2.58 bits per heavy atom. The highest BCUT2D eigenvalue weighted by Gasteiger charge is 2.21. The minimum Gasteiger partial charge on any atom is -0.366 e. The molecular formula is C27H31ClFN5OS. The number of nitrogens with zero attached hydrogens (tertiary/aromatic N) is 4. The Labute approximate surface area is 221 Å². The minimum absolute atomic E-state index is 0.0474. The lowest BCUT2D eigenvalue weighted by Crippen LogP contribution is -2.47. The van der Waals surface area contributed by atoms with Gasteiger partial charge in [0.1, 0.15) is 16.8 Å². The first-order valence-corrected chi connectivity index (χ1v) is 13.7. The molecule has 1 fully saturated rings. The largest absolute Gasteiger partial charge is 0.366 e. The van der Waals surface area contributed by atoms with Crippen molar-refractivity contribution in [1.82, 2.24) is 15.3 Å². The summed E-state index contributed by atoms with van der Waals surface area (Å²) in [5.41, 5.74) is 2.31. The highest BCUT2D eigenvalue weighted by atomic mass is 35.5. The fourth-order valence-electron chi connectivity index (χ4n) is 4.13. The summed E-state index contributed by atoms with van der Waals surface area (Å²) in [4.78, 5) is 25.8. The summed E-state index contributed by atoms with van der Waals surface area (Å²) in [6.07, 6.45) is 3.23. The Morgan fingerprint density at radius 2 is 1.81 bits per heavy atom. The van der Waals surface area contributed by atoms with Gasteiger partial charge >= 0.3 is 0 Å². The van der Waals surface area contributed by atoms with E-state index in [1.54, 1.807) is 12.1 Å². The summed E-state index contributed by atoms with van der Waals surface area (Å²) in [7, 11) is 0. The van der Waals surface area contributed by atoms with Gasteiger partial charge in [0.05, 0.1) is 5.69 Å². The molecule has 1 saturated heterocycles. The molecule has 0 aliphatic carbocycles. The first-order chi connectivity index (χ1) is 17.5. The van der Waals surface area contributed by atoms with E-state index in [4.69, 9.17) is 16.6 Å². The number of amides is 1. The van der Waals surface area contributed by atoms with E-state index < -0.39 is 0 Å². The van der Waals surface area contributed by atoms with Gasteiger partial charge in [-0.2, -0.15) is 0 Å². The Bertz CT molecular complexity index is 1170. The van der Waals surface area contributed by atoms with Gasteiger partial charge in [-0.1, -0.05) is 67.4 Å². The zero-order valence-electron chi connectivity index (χ0n) is 20.4. The first kappa shape index (κ1) is 26.2. The highest BCUT2D eigenvalue weighted by molar-refractivity contribution is 7.98. The molecule has 6 nitrogen and oxygen atoms in total. The lowest BCUT2D eigenvalue weighted by atomic mass is 10.1. The molecule has 0 saturated carbocycles. The van der Waals surface area contributed by atoms with Gasteiger partial charge in [0.25, 0.3) is 5.91 Å². The van der Waals surface area contributed by atoms with Crippen LogP contribution in [0.5, 0.6) is 0 Å². The normalized spacial score (nSPS) is 13.6. The van der Waals surface area contributed by atoms with Crippen LogP contribution >= 0.6 is 23.4 Å². The molecule has 1 amide bonds. The Morgan fingerprint density at radius 1 is 1.03 bits per heavy atom. The van der Waals surface area contributed by atoms with Crippen LogP contribution in [0.1, 0.15) is 42.1 Å². The van der Waals surface area contributed by atoms with Crippen molar-refractivity contribution in [1.29, 1.82) is 0 Å². The van der Waals surface area contributed by atoms with Crippen molar-refractivity contribution >= 4 is 40.8 Å². The molecule has 4 rings (SSSR count). The minimum atomic E-state index is -0.201. The molecule has 1 N–H and O–H groups in total. The Hall–Kier alpha value is -2.84. The summed E-state index contributed by atoms with van der Waals surface area (Å²) in [6, 6.07) is 16.3. The lowest BCUT2D eigenvalue weighted by molar-refractivity contribution is 0.0953. The van der Waals surface area contributed by atoms with Gasteiger partial charge in [-0.25, -0.2) is 14.4 Å². The third-order valence-corrected chi connectivity index (χ3v) is 7.19. The van der Waals surface area contributed by atoms with Gasteiger partial charge in [0, 0.05) is 50.1 Å². The second-order valence-electron chi connectivity index (χ2n) is 8.71. The number of hydrogen-bond acceptors (Lipinski definition) is 6. The number of nitrogens with one attached hydrogen (secondary N) is 1. The van der Waals surface area contributed by atoms with Gasteiger partial charge in [-0.05, 0) is 36.2 Å². The van der Waals surface area contributed by atoms with Gasteiger partial charge in [-0.15, -0.1) is 0 Å². The van der Waals surface area contributed by atoms with Crippen LogP contribution in [0.2, 0.25) is 5.15 Å². The number of halogens is 2. The van der Waals surface area contributed by atoms with Gasteiger partial charge in [0.2, 0.25) is 0 Å². The summed E-state index contributed by atoms with van der Waals surface area (Å²) in [5, 5.41) is 3.96. The van der Waals surface area contributed by atoms with E-state index in [0.717, 1.165) is 30.6 Å². The van der Waals surface area contributed by atoms with Crippen LogP contribution in [0.4, 0.5) is 15.9 Å². The van der Waals surface area contributed by atoms with E-state index in [9.17, 15) is 9.18 Å². The van der Waals surface area contributed by atoms with Crippen LogP contribution in [-0.4, -0.2) is 48.6 Å². The summed E-state index contributed by atoms with van der Waals surface area (Å²) >= 11 is 7.82. The second-order valence-corrected chi connectivity index (χ2v) is 10.0. The van der Waals surface area contributed by atoms with Gasteiger partial charge < -0.3 is 15.1 Å². The number of para-hydroxylation sites is 1. The molecule has 3 aromatic rings. The standard InChI is InChI=1S/C27H31ClFN5OS/c1-2-3-6-12-30-26(35)21-9-7-8-20(17-21)19-36-27-31-24(28)18-25(32-27)34-15-13-33(14-16-34)23-11-5-4-10-22(23)29/h4-5,7-11,17-18H,2-3,6,12-16,19H2,1H3,(H,30,35). The lowest BCUT2D eigenvalue weighted by Gasteiger charge is -2.36. The number of thioether (sulfide) groups is 1. The van der Waals surface area contributed by atoms with Crippen LogP contribution in [0.25, 0.3) is 0 Å². The topological polar surface area (TPSA) is 61.4 Å². The van der Waals surface area contributed by atoms with Crippen LogP contribution in [0.3, 0.4) is 0 Å². The van der Waals surface area contributed by atoms with Gasteiger partial charge in [0.15, 0.2) is 5.16 Å². The van der Waals surface area contributed by atoms with E-state index >= 15 is 0 Å². The molecule has 9 heteroatoms. The monoisotopic (exact) mass is 527 g/mol. The predicted molar refractivity (Wildman–Crippen MR) is 146 cm³/mol. The molecule has 190 valence electrons. The van der Waals surface area contributed by atoms with Crippen LogP contribution in [0, 0.1) is 5.82 Å². The van der Waals surface area contributed by atoms with Crippen molar-refractivity contribution in [2.45, 2.75) is 37.1 Å². The number of unbranched alkanes of at least 4 members (excludes halogenated alkanes) is 2. The quantitative estimate of drug-likeness (QED) is 0.155. The number of carbonyl (C=O) groups excluding carboxylic acids is 1. The summed E-state index contributed by atoms with van der Waals surface area (Å²) < 4.78 is 14.2. The van der Waals surface area contributed by atoms with E-state index in [1.165, 1.54) is 17.8 Å². The van der Waals surface area contributed by atoms with Crippen molar-refractivity contribution in [2.24, 2.45) is 0 Å². The predicted octanol–water partition coefficient (Wildman–Crippen LogP) is 5.81. The third kappa shape index (κ3) is 7.11. The van der Waals surface area contributed by atoms with Crippen molar-refractivity contribution in [3.8, 4) is 0 Å². The SMILES string of the molecule is CCCCCNC(=O)c1cccc(CSc2nc(Cl)cc(N3CCN(c4ccccc4F)CC3)n2)c1. The molecule has 0 unspecified atom stereocenters. The number of anilines is 2. The molecule has 1 aromatic heterocycles. The Kier molecular flexibility index (Phi) is 9.41. The second kappa shape index (κ2) is 12.9. The number of piperazine rings is 1. The molecule has 0 atom stereocenters. The third-order valence-electron chi connectivity index (χ3n) is 6.08. The fraction of sp³-hybridized carbons (Fsp3) is 0.370. The van der Waals surface area contributed by atoms with Crippen LogP contribution in [-0.2, 0) is 5.75 Å². The number of benzene rings is 2. The van der Waals surface area contributed by atoms with Gasteiger partial charge in [-0.3, -0.25) is 4.79 Å². The van der Waals surface area contributed by atoms with Crippen molar-refractivity contribution in [3.05, 3.63) is 76.7 Å². The maximum absolute atomic E-state index is 14.2. The molecule has 0 bridgehead atoms. The van der Waals surface area contributed by atoms with E-state index in [1.807, 2.05) is 36.4 Å². The molecule has 1 aliphatic rings. The summed E-state index contributed by atoms with van der Waals surface area (Å²) in [5.74, 6) is 1.14. The number of aromatic nitrogens is 2. The number of rotatable bonds is 10. The number of carbonyl (C=O) groups is 1. The molecule has 2 aromatic carbocycles. The fourth-order valence-corrected chi connectivity index (χ4v) is 5.15.